The summed E-state index contributed by atoms with van der Waals surface area (Å²) in [5.74, 6) is -0.557. The van der Waals surface area contributed by atoms with Gasteiger partial charge in [-0.05, 0) is 43.5 Å². The summed E-state index contributed by atoms with van der Waals surface area (Å²) in [4.78, 5) is 13.9. The molecular formula is C14H18ClFN2O2. The second-order valence-corrected chi connectivity index (χ2v) is 5.53. The molecule has 2 rings (SSSR count). The number of aliphatic hydroxyl groups excluding tert-OH is 1. The highest BCUT2D eigenvalue weighted by atomic mass is 35.5. The Bertz CT molecular complexity index is 484. The van der Waals surface area contributed by atoms with Gasteiger partial charge in [0.25, 0.3) is 0 Å². The molecule has 0 saturated carbocycles. The third kappa shape index (κ3) is 4.16. The Labute approximate surface area is 122 Å². The quantitative estimate of drug-likeness (QED) is 0.895. The van der Waals surface area contributed by atoms with Gasteiger partial charge in [0.2, 0.25) is 5.91 Å². The van der Waals surface area contributed by atoms with E-state index >= 15 is 0 Å². The van der Waals surface area contributed by atoms with Gasteiger partial charge in [-0.2, -0.15) is 0 Å². The Hall–Kier alpha value is -1.17. The Kier molecular flexibility index (Phi) is 5.34. The van der Waals surface area contributed by atoms with E-state index in [0.717, 1.165) is 19.4 Å². The van der Waals surface area contributed by atoms with Crippen LogP contribution in [0.25, 0.3) is 0 Å². The molecule has 1 aromatic rings. The van der Waals surface area contributed by atoms with Crippen LogP contribution in [-0.4, -0.2) is 42.2 Å². The van der Waals surface area contributed by atoms with E-state index in [4.69, 9.17) is 16.7 Å². The van der Waals surface area contributed by atoms with Crippen LogP contribution in [0.3, 0.4) is 0 Å². The molecule has 1 atom stereocenters. The fourth-order valence-electron chi connectivity index (χ4n) is 2.43. The molecular weight excluding hydrogens is 283 g/mol. The highest BCUT2D eigenvalue weighted by Gasteiger charge is 2.21. The summed E-state index contributed by atoms with van der Waals surface area (Å²) in [7, 11) is 0. The normalized spacial score (nSPS) is 19.9. The summed E-state index contributed by atoms with van der Waals surface area (Å²) in [5, 5.41) is 12.1. The van der Waals surface area contributed by atoms with Crippen LogP contribution in [0.2, 0.25) is 5.02 Å². The van der Waals surface area contributed by atoms with Crippen LogP contribution in [0.1, 0.15) is 12.8 Å². The van der Waals surface area contributed by atoms with E-state index in [1.807, 2.05) is 4.90 Å². The number of piperidine rings is 1. The maximum atomic E-state index is 13.5. The van der Waals surface area contributed by atoms with Crippen LogP contribution < -0.4 is 5.32 Å². The standard InChI is InChI=1S/C14H18ClFN2O2/c15-11-3-4-12(16)13(6-11)17-14(20)8-18-5-1-2-10(7-18)9-19/h3-4,6,10,19H,1-2,5,7-9H2,(H,17,20). The molecule has 2 N–H and O–H groups in total. The van der Waals surface area contributed by atoms with Gasteiger partial charge < -0.3 is 10.4 Å². The van der Waals surface area contributed by atoms with Crippen molar-refractivity contribution in [3.63, 3.8) is 0 Å². The number of hydrogen-bond donors (Lipinski definition) is 2. The zero-order chi connectivity index (χ0) is 14.5. The summed E-state index contributed by atoms with van der Waals surface area (Å²) >= 11 is 5.77. The first-order chi connectivity index (χ1) is 9.58. The zero-order valence-electron chi connectivity index (χ0n) is 11.1. The number of carbonyl (C=O) groups is 1. The van der Waals surface area contributed by atoms with Crippen molar-refractivity contribution in [1.82, 2.24) is 4.90 Å². The second-order valence-electron chi connectivity index (χ2n) is 5.10. The van der Waals surface area contributed by atoms with E-state index in [1.54, 1.807) is 0 Å². The summed E-state index contributed by atoms with van der Waals surface area (Å²) in [6, 6.07) is 4.05. The summed E-state index contributed by atoms with van der Waals surface area (Å²) in [6.45, 7) is 1.85. The van der Waals surface area contributed by atoms with Crippen molar-refractivity contribution in [3.05, 3.63) is 29.0 Å². The topological polar surface area (TPSA) is 52.6 Å². The molecule has 20 heavy (non-hydrogen) atoms. The van der Waals surface area contributed by atoms with Crippen LogP contribution in [-0.2, 0) is 4.79 Å². The molecule has 1 heterocycles. The number of amides is 1. The minimum atomic E-state index is -0.505. The number of aliphatic hydroxyl groups is 1. The van der Waals surface area contributed by atoms with Gasteiger partial charge in [-0.15, -0.1) is 0 Å². The number of likely N-dealkylation sites (tertiary alicyclic amines) is 1. The first-order valence-corrected chi connectivity index (χ1v) is 7.04. The largest absolute Gasteiger partial charge is 0.396 e. The summed E-state index contributed by atoms with van der Waals surface area (Å²) < 4.78 is 13.5. The molecule has 0 aromatic heterocycles. The number of carbonyl (C=O) groups excluding carboxylic acids is 1. The lowest BCUT2D eigenvalue weighted by Crippen LogP contribution is -2.41. The number of hydrogen-bond acceptors (Lipinski definition) is 3. The fourth-order valence-corrected chi connectivity index (χ4v) is 2.60. The smallest absolute Gasteiger partial charge is 0.238 e. The fraction of sp³-hybridized carbons (Fsp3) is 0.500. The van der Waals surface area contributed by atoms with Crippen molar-refractivity contribution in [2.45, 2.75) is 12.8 Å². The van der Waals surface area contributed by atoms with Crippen molar-refractivity contribution in [2.75, 3.05) is 31.6 Å². The highest BCUT2D eigenvalue weighted by Crippen LogP contribution is 2.20. The van der Waals surface area contributed by atoms with Crippen LogP contribution in [0.15, 0.2) is 18.2 Å². The van der Waals surface area contributed by atoms with Gasteiger partial charge in [-0.1, -0.05) is 11.6 Å². The van der Waals surface area contributed by atoms with E-state index in [0.29, 0.717) is 11.6 Å². The van der Waals surface area contributed by atoms with Gasteiger partial charge in [-0.25, -0.2) is 4.39 Å². The lowest BCUT2D eigenvalue weighted by atomic mass is 9.99. The zero-order valence-corrected chi connectivity index (χ0v) is 11.9. The molecule has 4 nitrogen and oxygen atoms in total. The molecule has 0 radical (unpaired) electrons. The third-order valence-electron chi connectivity index (χ3n) is 3.43. The molecule has 1 fully saturated rings. The minimum absolute atomic E-state index is 0.0956. The SMILES string of the molecule is O=C(CN1CCCC(CO)C1)Nc1cc(Cl)ccc1F. The molecule has 1 unspecified atom stereocenters. The molecule has 1 amide bonds. The van der Waals surface area contributed by atoms with Crippen molar-refractivity contribution in [2.24, 2.45) is 5.92 Å². The molecule has 110 valence electrons. The highest BCUT2D eigenvalue weighted by molar-refractivity contribution is 6.30. The Morgan fingerprint density at radius 2 is 2.35 bits per heavy atom. The van der Waals surface area contributed by atoms with Crippen LogP contribution in [0.5, 0.6) is 0 Å². The number of halogens is 2. The maximum absolute atomic E-state index is 13.5. The van der Waals surface area contributed by atoms with Crippen molar-refractivity contribution in [1.29, 1.82) is 0 Å². The monoisotopic (exact) mass is 300 g/mol. The molecule has 0 spiro atoms. The number of benzene rings is 1. The Morgan fingerprint density at radius 1 is 1.55 bits per heavy atom. The van der Waals surface area contributed by atoms with Gasteiger partial charge in [-0.3, -0.25) is 9.69 Å². The lowest BCUT2D eigenvalue weighted by Gasteiger charge is -2.31. The molecule has 1 saturated heterocycles. The lowest BCUT2D eigenvalue weighted by molar-refractivity contribution is -0.117. The van der Waals surface area contributed by atoms with Gasteiger partial charge in [0.15, 0.2) is 0 Å². The molecule has 1 aromatic carbocycles. The predicted molar refractivity (Wildman–Crippen MR) is 76.3 cm³/mol. The first-order valence-electron chi connectivity index (χ1n) is 6.66. The molecule has 1 aliphatic rings. The molecule has 0 bridgehead atoms. The number of nitrogens with one attached hydrogen (secondary N) is 1. The molecule has 6 heteroatoms. The van der Waals surface area contributed by atoms with Crippen molar-refractivity contribution >= 4 is 23.2 Å². The average Bonchev–Trinajstić information content (AvgIpc) is 2.43. The van der Waals surface area contributed by atoms with Gasteiger partial charge in [0.05, 0.1) is 12.2 Å². The third-order valence-corrected chi connectivity index (χ3v) is 3.67. The molecule has 1 aliphatic heterocycles. The van der Waals surface area contributed by atoms with Crippen LogP contribution >= 0.6 is 11.6 Å². The van der Waals surface area contributed by atoms with E-state index < -0.39 is 5.82 Å². The average molecular weight is 301 g/mol. The van der Waals surface area contributed by atoms with E-state index in [-0.39, 0.29) is 30.7 Å². The Morgan fingerprint density at radius 3 is 3.10 bits per heavy atom. The second kappa shape index (κ2) is 7.02. The first kappa shape index (κ1) is 15.2. The molecule has 0 aliphatic carbocycles. The van der Waals surface area contributed by atoms with Crippen molar-refractivity contribution < 1.29 is 14.3 Å². The minimum Gasteiger partial charge on any atom is -0.396 e. The Balaban J connectivity index is 1.90. The number of anilines is 1. The van der Waals surface area contributed by atoms with Crippen molar-refractivity contribution in [3.8, 4) is 0 Å². The predicted octanol–water partition coefficient (Wildman–Crippen LogP) is 2.12. The van der Waals surface area contributed by atoms with Crippen LogP contribution in [0.4, 0.5) is 10.1 Å². The van der Waals surface area contributed by atoms with Crippen LogP contribution in [0, 0.1) is 11.7 Å². The van der Waals surface area contributed by atoms with E-state index in [2.05, 4.69) is 5.32 Å². The summed E-state index contributed by atoms with van der Waals surface area (Å²) in [5.41, 5.74) is 0.0956. The number of rotatable bonds is 4. The summed E-state index contributed by atoms with van der Waals surface area (Å²) in [6.07, 6.45) is 1.95. The number of nitrogens with zero attached hydrogens (tertiary/aromatic N) is 1. The van der Waals surface area contributed by atoms with E-state index in [9.17, 15) is 9.18 Å². The van der Waals surface area contributed by atoms with E-state index in [1.165, 1.54) is 18.2 Å². The maximum Gasteiger partial charge on any atom is 0.238 e. The van der Waals surface area contributed by atoms with Gasteiger partial charge in [0, 0.05) is 18.2 Å². The van der Waals surface area contributed by atoms with Gasteiger partial charge >= 0.3 is 0 Å². The van der Waals surface area contributed by atoms with Gasteiger partial charge in [0.1, 0.15) is 5.82 Å².